The summed E-state index contributed by atoms with van der Waals surface area (Å²) in [6.45, 7) is 0. The number of aliphatic imine (C=N–C) groups is 1. The normalized spacial score (nSPS) is 10.5. The Morgan fingerprint density at radius 1 is 1.06 bits per heavy atom. The Hall–Kier alpha value is -2.42. The smallest absolute Gasteiger partial charge is 0.337 e. The highest BCUT2D eigenvalue weighted by atomic mass is 16.5. The minimum absolute atomic E-state index is 0.332. The Kier molecular flexibility index (Phi) is 3.86. The molecule has 0 aliphatic rings. The maximum Gasteiger partial charge on any atom is 0.337 e. The molecule has 0 saturated heterocycles. The fourth-order valence-electron chi connectivity index (χ4n) is 1.49. The highest BCUT2D eigenvalue weighted by Gasteiger charge is 2.03. The number of methoxy groups -OCH3 is 1. The van der Waals surface area contributed by atoms with Crippen LogP contribution in [0.5, 0.6) is 0 Å². The molecular formula is C15H13NO2. The number of rotatable bonds is 3. The number of benzene rings is 2. The fourth-order valence-corrected chi connectivity index (χ4v) is 1.49. The summed E-state index contributed by atoms with van der Waals surface area (Å²) in [6.07, 6.45) is 1.76. The molecule has 0 amide bonds. The van der Waals surface area contributed by atoms with Crippen LogP contribution >= 0.6 is 0 Å². The van der Waals surface area contributed by atoms with Gasteiger partial charge in [-0.05, 0) is 29.8 Å². The summed E-state index contributed by atoms with van der Waals surface area (Å²) < 4.78 is 4.63. The van der Waals surface area contributed by atoms with Crippen LogP contribution in [0, 0.1) is 0 Å². The molecule has 0 aromatic heterocycles. The van der Waals surface area contributed by atoms with Crippen LogP contribution in [0.25, 0.3) is 0 Å². The van der Waals surface area contributed by atoms with E-state index in [0.29, 0.717) is 5.56 Å². The van der Waals surface area contributed by atoms with Gasteiger partial charge in [-0.15, -0.1) is 0 Å². The average Bonchev–Trinajstić information content (AvgIpc) is 2.46. The van der Waals surface area contributed by atoms with Crippen molar-refractivity contribution in [1.29, 1.82) is 0 Å². The largest absolute Gasteiger partial charge is 0.465 e. The second kappa shape index (κ2) is 5.77. The molecule has 0 radical (unpaired) electrons. The number of ether oxygens (including phenoxy) is 1. The highest BCUT2D eigenvalue weighted by molar-refractivity contribution is 5.90. The van der Waals surface area contributed by atoms with Gasteiger partial charge < -0.3 is 4.74 Å². The third-order valence-electron chi connectivity index (χ3n) is 2.45. The Labute approximate surface area is 106 Å². The lowest BCUT2D eigenvalue weighted by Gasteiger charge is -1.99. The average molecular weight is 239 g/mol. The van der Waals surface area contributed by atoms with Crippen molar-refractivity contribution in [3.05, 3.63) is 65.7 Å². The van der Waals surface area contributed by atoms with Crippen LogP contribution in [-0.4, -0.2) is 19.3 Å². The third-order valence-corrected chi connectivity index (χ3v) is 2.45. The first-order valence-corrected chi connectivity index (χ1v) is 5.57. The molecule has 0 bridgehead atoms. The lowest BCUT2D eigenvalue weighted by Crippen LogP contribution is -2.00. The van der Waals surface area contributed by atoms with E-state index < -0.39 is 0 Å². The third kappa shape index (κ3) is 3.04. The number of carbonyl (C=O) groups excluding carboxylic acids is 1. The van der Waals surface area contributed by atoms with Crippen molar-refractivity contribution < 1.29 is 9.53 Å². The van der Waals surface area contributed by atoms with Gasteiger partial charge in [0.15, 0.2) is 0 Å². The van der Waals surface area contributed by atoms with Gasteiger partial charge in [-0.2, -0.15) is 0 Å². The van der Waals surface area contributed by atoms with E-state index in [1.165, 1.54) is 7.11 Å². The van der Waals surface area contributed by atoms with Gasteiger partial charge >= 0.3 is 5.97 Å². The summed E-state index contributed by atoms with van der Waals surface area (Å²) in [5.41, 5.74) is 2.37. The zero-order valence-corrected chi connectivity index (χ0v) is 10.0. The highest BCUT2D eigenvalue weighted by Crippen LogP contribution is 2.10. The van der Waals surface area contributed by atoms with Gasteiger partial charge in [-0.1, -0.05) is 30.3 Å². The maximum atomic E-state index is 11.2. The first-order chi connectivity index (χ1) is 8.79. The molecule has 3 nitrogen and oxygen atoms in total. The molecular weight excluding hydrogens is 226 g/mol. The zero-order chi connectivity index (χ0) is 12.8. The van der Waals surface area contributed by atoms with Crippen molar-refractivity contribution in [3.63, 3.8) is 0 Å². The van der Waals surface area contributed by atoms with E-state index >= 15 is 0 Å². The Bertz CT molecular complexity index is 544. The van der Waals surface area contributed by atoms with E-state index in [1.807, 2.05) is 42.5 Å². The molecule has 0 fully saturated rings. The molecule has 3 heteroatoms. The summed E-state index contributed by atoms with van der Waals surface area (Å²) in [7, 11) is 1.37. The van der Waals surface area contributed by atoms with Crippen molar-refractivity contribution in [2.24, 2.45) is 4.99 Å². The molecule has 2 aromatic carbocycles. The van der Waals surface area contributed by atoms with Gasteiger partial charge in [0.1, 0.15) is 0 Å². The molecule has 90 valence electrons. The van der Waals surface area contributed by atoms with Crippen molar-refractivity contribution in [3.8, 4) is 0 Å². The summed E-state index contributed by atoms with van der Waals surface area (Å²) in [4.78, 5) is 15.6. The molecule has 0 heterocycles. The number of hydrogen-bond donors (Lipinski definition) is 0. The standard InChI is InChI=1S/C15H13NO2/c1-18-15(17)13-9-7-12(8-10-13)11-16-14-5-3-2-4-6-14/h2-11H,1H3. The van der Waals surface area contributed by atoms with Gasteiger partial charge in [0, 0.05) is 6.21 Å². The molecule has 2 aromatic rings. The van der Waals surface area contributed by atoms with E-state index in [9.17, 15) is 4.79 Å². The van der Waals surface area contributed by atoms with Crippen LogP contribution in [0.1, 0.15) is 15.9 Å². The zero-order valence-electron chi connectivity index (χ0n) is 10.0. The van der Waals surface area contributed by atoms with Gasteiger partial charge in [-0.25, -0.2) is 4.79 Å². The number of carbonyl (C=O) groups is 1. The van der Waals surface area contributed by atoms with E-state index in [1.54, 1.807) is 18.3 Å². The minimum atomic E-state index is -0.332. The molecule has 0 aliphatic carbocycles. The molecule has 2 rings (SSSR count). The van der Waals surface area contributed by atoms with Crippen molar-refractivity contribution in [2.75, 3.05) is 7.11 Å². The van der Waals surface area contributed by atoms with Gasteiger partial charge in [0.05, 0.1) is 18.4 Å². The summed E-state index contributed by atoms with van der Waals surface area (Å²) in [5.74, 6) is -0.332. The first-order valence-electron chi connectivity index (χ1n) is 5.57. The Balaban J connectivity index is 2.11. The molecule has 0 N–H and O–H groups in total. The van der Waals surface area contributed by atoms with Crippen molar-refractivity contribution in [1.82, 2.24) is 0 Å². The number of para-hydroxylation sites is 1. The topological polar surface area (TPSA) is 38.7 Å². The van der Waals surface area contributed by atoms with Gasteiger partial charge in [0.25, 0.3) is 0 Å². The fraction of sp³-hybridized carbons (Fsp3) is 0.0667. The van der Waals surface area contributed by atoms with Crippen LogP contribution in [0.4, 0.5) is 5.69 Å². The maximum absolute atomic E-state index is 11.2. The lowest BCUT2D eigenvalue weighted by atomic mass is 10.1. The SMILES string of the molecule is COC(=O)c1ccc(C=Nc2ccccc2)cc1. The predicted octanol–water partition coefficient (Wildman–Crippen LogP) is 3.22. The van der Waals surface area contributed by atoms with E-state index in [-0.39, 0.29) is 5.97 Å². The molecule has 0 unspecified atom stereocenters. The number of hydrogen-bond acceptors (Lipinski definition) is 3. The summed E-state index contributed by atoms with van der Waals surface area (Å²) >= 11 is 0. The van der Waals surface area contributed by atoms with Crippen LogP contribution in [0.2, 0.25) is 0 Å². The summed E-state index contributed by atoms with van der Waals surface area (Å²) in [6, 6.07) is 16.8. The first kappa shape index (κ1) is 12.0. The Morgan fingerprint density at radius 2 is 1.72 bits per heavy atom. The molecule has 0 atom stereocenters. The summed E-state index contributed by atoms with van der Waals surface area (Å²) in [5, 5.41) is 0. The van der Waals surface area contributed by atoms with E-state index in [0.717, 1.165) is 11.3 Å². The molecule has 0 saturated carbocycles. The number of nitrogens with zero attached hydrogens (tertiary/aromatic N) is 1. The van der Waals surface area contributed by atoms with Crippen molar-refractivity contribution >= 4 is 17.9 Å². The quantitative estimate of drug-likeness (QED) is 0.609. The Morgan fingerprint density at radius 3 is 2.33 bits per heavy atom. The van der Waals surface area contributed by atoms with Crippen LogP contribution < -0.4 is 0 Å². The lowest BCUT2D eigenvalue weighted by molar-refractivity contribution is 0.0601. The second-order valence-corrected chi connectivity index (χ2v) is 3.71. The minimum Gasteiger partial charge on any atom is -0.465 e. The second-order valence-electron chi connectivity index (χ2n) is 3.71. The van der Waals surface area contributed by atoms with Gasteiger partial charge in [-0.3, -0.25) is 4.99 Å². The number of esters is 1. The van der Waals surface area contributed by atoms with E-state index in [4.69, 9.17) is 0 Å². The van der Waals surface area contributed by atoms with Crippen LogP contribution in [0.15, 0.2) is 59.6 Å². The molecule has 0 aliphatic heterocycles. The van der Waals surface area contributed by atoms with Gasteiger partial charge in [0.2, 0.25) is 0 Å². The van der Waals surface area contributed by atoms with Crippen LogP contribution in [0.3, 0.4) is 0 Å². The van der Waals surface area contributed by atoms with E-state index in [2.05, 4.69) is 9.73 Å². The molecule has 0 spiro atoms. The predicted molar refractivity (Wildman–Crippen MR) is 71.5 cm³/mol. The molecule has 18 heavy (non-hydrogen) atoms. The monoisotopic (exact) mass is 239 g/mol. The van der Waals surface area contributed by atoms with Crippen molar-refractivity contribution in [2.45, 2.75) is 0 Å². The van der Waals surface area contributed by atoms with Crippen LogP contribution in [-0.2, 0) is 4.74 Å².